The van der Waals surface area contributed by atoms with Crippen LogP contribution in [0.3, 0.4) is 0 Å². The molecule has 0 aromatic heterocycles. The van der Waals surface area contributed by atoms with E-state index >= 15 is 0 Å². The Balaban J connectivity index is 2.02. The molecule has 3 rings (SSSR count). The molecule has 0 atom stereocenters. The van der Waals surface area contributed by atoms with Crippen LogP contribution in [0.15, 0.2) is 65.3 Å². The van der Waals surface area contributed by atoms with Crippen LogP contribution in [0.25, 0.3) is 5.57 Å². The number of benzene rings is 2. The molecule has 3 nitrogen and oxygen atoms in total. The van der Waals surface area contributed by atoms with Gasteiger partial charge in [0.05, 0.1) is 12.8 Å². The number of nitrogens with zero attached hydrogens (tertiary/aromatic N) is 1. The van der Waals surface area contributed by atoms with Crippen LogP contribution in [0.1, 0.15) is 30.4 Å². The third-order valence-electron chi connectivity index (χ3n) is 4.34. The van der Waals surface area contributed by atoms with Gasteiger partial charge in [0.2, 0.25) is 0 Å². The zero-order chi connectivity index (χ0) is 16.1. The Hall–Kier alpha value is -2.55. The molecule has 0 aliphatic heterocycles. The molecular weight excluding hydrogens is 286 g/mol. The number of hydrogen-bond acceptors (Lipinski definition) is 3. The monoisotopic (exact) mass is 307 g/mol. The average Bonchev–Trinajstić information content (AvgIpc) is 2.63. The topological polar surface area (TPSA) is 41.8 Å². The summed E-state index contributed by atoms with van der Waals surface area (Å²) in [6, 6.07) is 18.5. The zero-order valence-corrected chi connectivity index (χ0v) is 13.3. The minimum Gasteiger partial charge on any atom is -0.497 e. The molecule has 0 heterocycles. The Morgan fingerprint density at radius 3 is 2.39 bits per heavy atom. The van der Waals surface area contributed by atoms with Crippen molar-refractivity contribution in [3.05, 3.63) is 71.3 Å². The standard InChI is InChI=1S/C20H21NO2/c1-23-17-12-10-16(11-13-17)18-8-5-9-20(21-22)19(18)14-15-6-3-2-4-7-15/h2-4,6-7,10-13,22H,5,8-9,14H2,1H3/b21-20+. The van der Waals surface area contributed by atoms with E-state index in [0.717, 1.165) is 42.7 Å². The second-order valence-corrected chi connectivity index (χ2v) is 5.75. The lowest BCUT2D eigenvalue weighted by Crippen LogP contribution is -2.14. The Morgan fingerprint density at radius 1 is 1.00 bits per heavy atom. The Morgan fingerprint density at radius 2 is 1.74 bits per heavy atom. The molecule has 2 aromatic rings. The summed E-state index contributed by atoms with van der Waals surface area (Å²) in [4.78, 5) is 0. The average molecular weight is 307 g/mol. The summed E-state index contributed by atoms with van der Waals surface area (Å²) in [6.07, 6.45) is 3.65. The van der Waals surface area contributed by atoms with Crippen molar-refractivity contribution in [2.75, 3.05) is 7.11 Å². The molecule has 0 bridgehead atoms. The van der Waals surface area contributed by atoms with E-state index in [0.29, 0.717) is 0 Å². The quantitative estimate of drug-likeness (QED) is 0.657. The summed E-state index contributed by atoms with van der Waals surface area (Å²) < 4.78 is 5.24. The smallest absolute Gasteiger partial charge is 0.118 e. The van der Waals surface area contributed by atoms with E-state index in [1.54, 1.807) is 7.11 Å². The predicted molar refractivity (Wildman–Crippen MR) is 93.1 cm³/mol. The normalized spacial score (nSPS) is 16.7. The fourth-order valence-corrected chi connectivity index (χ4v) is 3.14. The largest absolute Gasteiger partial charge is 0.497 e. The molecular formula is C20H21NO2. The first-order chi connectivity index (χ1) is 11.3. The van der Waals surface area contributed by atoms with E-state index in [2.05, 4.69) is 29.4 Å². The van der Waals surface area contributed by atoms with E-state index in [-0.39, 0.29) is 0 Å². The highest BCUT2D eigenvalue weighted by molar-refractivity contribution is 6.07. The Labute approximate surface area is 136 Å². The predicted octanol–water partition coefficient (Wildman–Crippen LogP) is 4.71. The molecule has 0 spiro atoms. The number of rotatable bonds is 4. The molecule has 0 fully saturated rings. The van der Waals surface area contributed by atoms with E-state index in [1.807, 2.05) is 30.3 Å². The van der Waals surface area contributed by atoms with E-state index < -0.39 is 0 Å². The first-order valence-electron chi connectivity index (χ1n) is 7.93. The zero-order valence-electron chi connectivity index (χ0n) is 13.3. The minimum atomic E-state index is 0.793. The summed E-state index contributed by atoms with van der Waals surface area (Å²) in [6.45, 7) is 0. The van der Waals surface area contributed by atoms with E-state index in [9.17, 15) is 5.21 Å². The third-order valence-corrected chi connectivity index (χ3v) is 4.34. The van der Waals surface area contributed by atoms with Gasteiger partial charge in [-0.2, -0.15) is 0 Å². The fraction of sp³-hybridized carbons (Fsp3) is 0.250. The molecule has 1 aliphatic rings. The fourth-order valence-electron chi connectivity index (χ4n) is 3.14. The van der Waals surface area contributed by atoms with E-state index in [4.69, 9.17) is 4.74 Å². The lowest BCUT2D eigenvalue weighted by molar-refractivity contribution is 0.317. The molecule has 23 heavy (non-hydrogen) atoms. The van der Waals surface area contributed by atoms with Crippen molar-refractivity contribution in [3.63, 3.8) is 0 Å². The molecule has 1 aliphatic carbocycles. The van der Waals surface area contributed by atoms with E-state index in [1.165, 1.54) is 16.7 Å². The van der Waals surface area contributed by atoms with Crippen LogP contribution in [0.5, 0.6) is 5.75 Å². The summed E-state index contributed by atoms with van der Waals surface area (Å²) in [5, 5.41) is 13.0. The number of ether oxygens (including phenoxy) is 1. The van der Waals surface area contributed by atoms with Crippen molar-refractivity contribution in [1.29, 1.82) is 0 Å². The van der Waals surface area contributed by atoms with Gasteiger partial charge in [0.15, 0.2) is 0 Å². The van der Waals surface area contributed by atoms with Crippen LogP contribution in [0.4, 0.5) is 0 Å². The molecule has 2 aromatic carbocycles. The van der Waals surface area contributed by atoms with Crippen molar-refractivity contribution >= 4 is 11.3 Å². The maximum absolute atomic E-state index is 9.42. The van der Waals surface area contributed by atoms with Crippen molar-refractivity contribution in [3.8, 4) is 5.75 Å². The summed E-state index contributed by atoms with van der Waals surface area (Å²) >= 11 is 0. The summed E-state index contributed by atoms with van der Waals surface area (Å²) in [5.41, 5.74) is 5.64. The highest BCUT2D eigenvalue weighted by atomic mass is 16.5. The van der Waals surface area contributed by atoms with Gasteiger partial charge in [-0.25, -0.2) is 0 Å². The second kappa shape index (κ2) is 7.14. The minimum absolute atomic E-state index is 0.793. The van der Waals surface area contributed by atoms with Crippen molar-refractivity contribution in [2.24, 2.45) is 5.16 Å². The third kappa shape index (κ3) is 3.45. The second-order valence-electron chi connectivity index (χ2n) is 5.75. The van der Waals surface area contributed by atoms with Crippen LogP contribution >= 0.6 is 0 Å². The number of methoxy groups -OCH3 is 1. The van der Waals surface area contributed by atoms with Gasteiger partial charge in [0, 0.05) is 0 Å². The van der Waals surface area contributed by atoms with Crippen molar-refractivity contribution < 1.29 is 9.94 Å². The SMILES string of the molecule is COc1ccc(C2=C(Cc3ccccc3)/C(=N/O)CCC2)cc1. The molecule has 0 saturated heterocycles. The maximum atomic E-state index is 9.42. The molecule has 3 heteroatoms. The molecule has 118 valence electrons. The van der Waals surface area contributed by atoms with Gasteiger partial charge in [-0.1, -0.05) is 47.6 Å². The lowest BCUT2D eigenvalue weighted by atomic mass is 9.83. The van der Waals surface area contributed by atoms with Crippen molar-refractivity contribution in [1.82, 2.24) is 0 Å². The van der Waals surface area contributed by atoms with Crippen LogP contribution in [-0.4, -0.2) is 18.0 Å². The number of hydrogen-bond donors (Lipinski definition) is 1. The van der Waals surface area contributed by atoms with Gasteiger partial charge in [-0.3, -0.25) is 0 Å². The summed E-state index contributed by atoms with van der Waals surface area (Å²) in [7, 11) is 1.67. The molecule has 1 N–H and O–H groups in total. The molecule has 0 saturated carbocycles. The van der Waals surface area contributed by atoms with Gasteiger partial charge in [-0.15, -0.1) is 0 Å². The van der Waals surface area contributed by atoms with Gasteiger partial charge < -0.3 is 9.94 Å². The van der Waals surface area contributed by atoms with Crippen LogP contribution in [0.2, 0.25) is 0 Å². The first-order valence-corrected chi connectivity index (χ1v) is 7.93. The highest BCUT2D eigenvalue weighted by Gasteiger charge is 2.20. The lowest BCUT2D eigenvalue weighted by Gasteiger charge is -2.22. The van der Waals surface area contributed by atoms with Crippen LogP contribution in [-0.2, 0) is 6.42 Å². The van der Waals surface area contributed by atoms with Crippen LogP contribution < -0.4 is 4.74 Å². The first kappa shape index (κ1) is 15.3. The Bertz CT molecular complexity index is 715. The van der Waals surface area contributed by atoms with Gasteiger partial charge >= 0.3 is 0 Å². The molecule has 0 unspecified atom stereocenters. The highest BCUT2D eigenvalue weighted by Crippen LogP contribution is 2.33. The Kier molecular flexibility index (Phi) is 4.77. The van der Waals surface area contributed by atoms with Crippen LogP contribution in [0, 0.1) is 0 Å². The van der Waals surface area contributed by atoms with Gasteiger partial charge in [0.1, 0.15) is 5.75 Å². The maximum Gasteiger partial charge on any atom is 0.118 e. The summed E-state index contributed by atoms with van der Waals surface area (Å²) in [5.74, 6) is 0.853. The van der Waals surface area contributed by atoms with Gasteiger partial charge in [-0.05, 0) is 60.1 Å². The molecule has 0 amide bonds. The molecule has 0 radical (unpaired) electrons. The number of oxime groups is 1. The van der Waals surface area contributed by atoms with Gasteiger partial charge in [0.25, 0.3) is 0 Å². The van der Waals surface area contributed by atoms with Crippen molar-refractivity contribution in [2.45, 2.75) is 25.7 Å². The number of allylic oxidation sites excluding steroid dienone is 2.